The van der Waals surface area contributed by atoms with Crippen molar-refractivity contribution in [2.75, 3.05) is 39.3 Å². The molecule has 4 nitrogen and oxygen atoms in total. The maximum Gasteiger partial charge on any atom is 0.127 e. The van der Waals surface area contributed by atoms with E-state index in [2.05, 4.69) is 30.6 Å². The summed E-state index contributed by atoms with van der Waals surface area (Å²) in [6, 6.07) is 5.79. The predicted octanol–water partition coefficient (Wildman–Crippen LogP) is 2.88. The highest BCUT2D eigenvalue weighted by Gasteiger charge is 2.28. The first-order valence-electron chi connectivity index (χ1n) is 8.11. The van der Waals surface area contributed by atoms with Gasteiger partial charge in [-0.1, -0.05) is 20.8 Å². The minimum Gasteiger partial charge on any atom is -0.508 e. The van der Waals surface area contributed by atoms with E-state index in [0.29, 0.717) is 12.6 Å². The molecule has 1 aliphatic heterocycles. The number of benzene rings is 1. The van der Waals surface area contributed by atoms with Crippen molar-refractivity contribution in [2.24, 2.45) is 0 Å². The molecule has 1 aromatic carbocycles. The van der Waals surface area contributed by atoms with E-state index in [0.717, 1.165) is 38.5 Å². The lowest BCUT2D eigenvalue weighted by molar-refractivity contribution is 0.160. The largest absolute Gasteiger partial charge is 0.508 e. The fourth-order valence-corrected chi connectivity index (χ4v) is 3.06. The number of likely N-dealkylation sites (N-methyl/N-ethyl adjacent to an activating group) is 1. The fraction of sp³-hybridized carbons (Fsp3) is 0.647. The Kier molecular flexibility index (Phi) is 5.88. The molecule has 0 saturated heterocycles. The van der Waals surface area contributed by atoms with Gasteiger partial charge < -0.3 is 14.7 Å². The van der Waals surface area contributed by atoms with Crippen molar-refractivity contribution in [3.05, 3.63) is 23.8 Å². The summed E-state index contributed by atoms with van der Waals surface area (Å²) in [7, 11) is 0. The van der Waals surface area contributed by atoms with Crippen molar-refractivity contribution < 1.29 is 9.84 Å². The highest BCUT2D eigenvalue weighted by molar-refractivity contribution is 5.44. The van der Waals surface area contributed by atoms with E-state index in [4.69, 9.17) is 4.74 Å². The first kappa shape index (κ1) is 16.1. The third-order valence-electron chi connectivity index (χ3n) is 4.41. The van der Waals surface area contributed by atoms with Gasteiger partial charge in [0.15, 0.2) is 0 Å². The van der Waals surface area contributed by atoms with Crippen LogP contribution in [-0.4, -0.2) is 54.2 Å². The normalized spacial score (nSPS) is 17.3. The highest BCUT2D eigenvalue weighted by Crippen LogP contribution is 2.38. The van der Waals surface area contributed by atoms with Gasteiger partial charge >= 0.3 is 0 Å². The standard InChI is InChI=1S/C17H28N2O2/c1-4-18(5-2)10-7-11-19(6-3)16-13-21-17-12-14(20)8-9-15(16)17/h8-9,12,16,20H,4-7,10-11,13H2,1-3H3. The molecular formula is C17H28N2O2. The predicted molar refractivity (Wildman–Crippen MR) is 86.0 cm³/mol. The first-order chi connectivity index (χ1) is 10.2. The Labute approximate surface area is 128 Å². The van der Waals surface area contributed by atoms with Crippen molar-refractivity contribution in [1.29, 1.82) is 0 Å². The van der Waals surface area contributed by atoms with Gasteiger partial charge in [-0.25, -0.2) is 0 Å². The molecule has 1 N–H and O–H groups in total. The number of ether oxygens (including phenoxy) is 1. The number of phenols is 1. The summed E-state index contributed by atoms with van der Waals surface area (Å²) in [6.07, 6.45) is 1.18. The molecule has 0 spiro atoms. The van der Waals surface area contributed by atoms with E-state index in [-0.39, 0.29) is 5.75 Å². The average molecular weight is 292 g/mol. The van der Waals surface area contributed by atoms with Crippen LogP contribution in [0.25, 0.3) is 0 Å². The molecular weight excluding hydrogens is 264 g/mol. The maximum absolute atomic E-state index is 9.54. The molecule has 0 saturated carbocycles. The zero-order valence-electron chi connectivity index (χ0n) is 13.5. The van der Waals surface area contributed by atoms with Crippen molar-refractivity contribution in [3.63, 3.8) is 0 Å². The second-order valence-corrected chi connectivity index (χ2v) is 5.56. The van der Waals surface area contributed by atoms with Crippen LogP contribution < -0.4 is 4.74 Å². The van der Waals surface area contributed by atoms with Crippen LogP contribution in [-0.2, 0) is 0 Å². The van der Waals surface area contributed by atoms with Crippen LogP contribution in [0.15, 0.2) is 18.2 Å². The average Bonchev–Trinajstić information content (AvgIpc) is 2.90. The molecule has 21 heavy (non-hydrogen) atoms. The second kappa shape index (κ2) is 7.66. The van der Waals surface area contributed by atoms with Crippen LogP contribution in [0.4, 0.5) is 0 Å². The third-order valence-corrected chi connectivity index (χ3v) is 4.41. The summed E-state index contributed by atoms with van der Waals surface area (Å²) < 4.78 is 5.73. The number of hydrogen-bond acceptors (Lipinski definition) is 4. The van der Waals surface area contributed by atoms with Crippen LogP contribution in [0.5, 0.6) is 11.5 Å². The SMILES string of the molecule is CCN(CC)CCCN(CC)C1COc2cc(O)ccc21. The molecule has 0 bridgehead atoms. The number of aromatic hydroxyl groups is 1. The summed E-state index contributed by atoms with van der Waals surface area (Å²) in [4.78, 5) is 4.94. The number of nitrogens with zero attached hydrogens (tertiary/aromatic N) is 2. The second-order valence-electron chi connectivity index (χ2n) is 5.56. The Hall–Kier alpha value is -1.26. The van der Waals surface area contributed by atoms with Gasteiger partial charge in [0.05, 0.1) is 6.04 Å². The summed E-state index contributed by atoms with van der Waals surface area (Å²) in [6.45, 7) is 12.8. The van der Waals surface area contributed by atoms with Gasteiger partial charge in [-0.15, -0.1) is 0 Å². The molecule has 0 amide bonds. The molecule has 118 valence electrons. The van der Waals surface area contributed by atoms with Crippen LogP contribution in [0.1, 0.15) is 38.8 Å². The van der Waals surface area contributed by atoms with Crippen molar-refractivity contribution in [3.8, 4) is 11.5 Å². The molecule has 0 fully saturated rings. The summed E-state index contributed by atoms with van der Waals surface area (Å²) in [5.74, 6) is 1.11. The summed E-state index contributed by atoms with van der Waals surface area (Å²) in [5, 5.41) is 9.54. The third kappa shape index (κ3) is 3.89. The van der Waals surface area contributed by atoms with Crippen molar-refractivity contribution in [1.82, 2.24) is 9.80 Å². The molecule has 1 atom stereocenters. The topological polar surface area (TPSA) is 35.9 Å². The monoisotopic (exact) mass is 292 g/mol. The molecule has 1 aliphatic rings. The first-order valence-corrected chi connectivity index (χ1v) is 8.11. The molecule has 0 radical (unpaired) electrons. The molecule has 4 heteroatoms. The Bertz CT molecular complexity index is 446. The maximum atomic E-state index is 9.54. The van der Waals surface area contributed by atoms with Gasteiger partial charge in [0, 0.05) is 18.2 Å². The summed E-state index contributed by atoms with van der Waals surface area (Å²) >= 11 is 0. The smallest absolute Gasteiger partial charge is 0.127 e. The van der Waals surface area contributed by atoms with E-state index < -0.39 is 0 Å². The number of hydrogen-bond donors (Lipinski definition) is 1. The number of rotatable bonds is 8. The molecule has 1 aromatic rings. The minimum atomic E-state index is 0.277. The van der Waals surface area contributed by atoms with E-state index in [1.54, 1.807) is 12.1 Å². The Balaban J connectivity index is 1.94. The van der Waals surface area contributed by atoms with Crippen LogP contribution in [0.2, 0.25) is 0 Å². The lowest BCUT2D eigenvalue weighted by atomic mass is 10.1. The van der Waals surface area contributed by atoms with Crippen LogP contribution >= 0.6 is 0 Å². The molecule has 1 unspecified atom stereocenters. The number of phenolic OH excluding ortho intramolecular Hbond substituents is 1. The molecule has 2 rings (SSSR count). The zero-order valence-corrected chi connectivity index (χ0v) is 13.5. The van der Waals surface area contributed by atoms with Gasteiger partial charge in [0.2, 0.25) is 0 Å². The van der Waals surface area contributed by atoms with Gasteiger partial charge in [0.1, 0.15) is 18.1 Å². The van der Waals surface area contributed by atoms with Gasteiger partial charge in [-0.05, 0) is 44.7 Å². The lowest BCUT2D eigenvalue weighted by Gasteiger charge is -2.28. The van der Waals surface area contributed by atoms with Crippen molar-refractivity contribution >= 4 is 0 Å². The molecule has 0 aliphatic carbocycles. The van der Waals surface area contributed by atoms with E-state index in [1.165, 1.54) is 12.0 Å². The number of fused-ring (bicyclic) bond motifs is 1. The quantitative estimate of drug-likeness (QED) is 0.799. The fourth-order valence-electron chi connectivity index (χ4n) is 3.06. The van der Waals surface area contributed by atoms with E-state index in [1.807, 2.05) is 6.07 Å². The van der Waals surface area contributed by atoms with Crippen molar-refractivity contribution in [2.45, 2.75) is 33.2 Å². The lowest BCUT2D eigenvalue weighted by Crippen LogP contribution is -2.33. The highest BCUT2D eigenvalue weighted by atomic mass is 16.5. The van der Waals surface area contributed by atoms with Gasteiger partial charge in [-0.3, -0.25) is 4.90 Å². The zero-order chi connectivity index (χ0) is 15.2. The molecule has 0 aromatic heterocycles. The van der Waals surface area contributed by atoms with Gasteiger partial charge in [-0.2, -0.15) is 0 Å². The molecule has 1 heterocycles. The van der Waals surface area contributed by atoms with Crippen LogP contribution in [0.3, 0.4) is 0 Å². The Morgan fingerprint density at radius 3 is 2.57 bits per heavy atom. The Morgan fingerprint density at radius 1 is 1.14 bits per heavy atom. The summed E-state index contributed by atoms with van der Waals surface area (Å²) in [5.41, 5.74) is 1.21. The minimum absolute atomic E-state index is 0.277. The van der Waals surface area contributed by atoms with E-state index >= 15 is 0 Å². The van der Waals surface area contributed by atoms with Gasteiger partial charge in [0.25, 0.3) is 0 Å². The van der Waals surface area contributed by atoms with Crippen LogP contribution in [0, 0.1) is 0 Å². The van der Waals surface area contributed by atoms with E-state index in [9.17, 15) is 5.11 Å². The Morgan fingerprint density at radius 2 is 1.90 bits per heavy atom.